The van der Waals surface area contributed by atoms with Crippen molar-refractivity contribution in [2.24, 2.45) is 9.50 Å². The lowest BCUT2D eigenvalue weighted by Crippen LogP contribution is -2.18. The van der Waals surface area contributed by atoms with Gasteiger partial charge in [0.25, 0.3) is 0 Å². The lowest BCUT2D eigenvalue weighted by molar-refractivity contribution is 0.0783. The van der Waals surface area contributed by atoms with E-state index >= 15 is 0 Å². The molecule has 0 radical (unpaired) electrons. The monoisotopic (exact) mass is 442 g/mol. The van der Waals surface area contributed by atoms with Crippen LogP contribution in [0, 0.1) is 5.82 Å². The summed E-state index contributed by atoms with van der Waals surface area (Å²) >= 11 is 0.928. The van der Waals surface area contributed by atoms with Gasteiger partial charge >= 0.3 is 6.03 Å². The Morgan fingerprint density at radius 1 is 1.28 bits per heavy atom. The topological polar surface area (TPSA) is 118 Å². The van der Waals surface area contributed by atoms with Crippen LogP contribution in [0.3, 0.4) is 0 Å². The molecule has 1 aromatic heterocycles. The third kappa shape index (κ3) is 5.59. The van der Waals surface area contributed by atoms with E-state index in [9.17, 15) is 18.5 Å². The summed E-state index contributed by atoms with van der Waals surface area (Å²) in [6.45, 7) is 10.6. The molecular formula is C19H27FN4O3S2. The highest BCUT2D eigenvalue weighted by molar-refractivity contribution is 7.93. The molecule has 0 aliphatic carbocycles. The number of amides is 2. The fourth-order valence-corrected chi connectivity index (χ4v) is 4.74. The SMILES string of the molecule is CC(C)c1cc(F)cc(C(C)C)c1NC(=O)N=[S@](N)(=O)c1cnc(C(C)(C)O)s1. The van der Waals surface area contributed by atoms with Gasteiger partial charge in [-0.15, -0.1) is 15.7 Å². The fraction of sp³-hybridized carbons (Fsp3) is 0.474. The van der Waals surface area contributed by atoms with Gasteiger partial charge in [0, 0.05) is 5.69 Å². The molecule has 0 saturated heterocycles. The quantitative estimate of drug-likeness (QED) is 0.622. The molecule has 1 aromatic carbocycles. The predicted octanol–water partition coefficient (Wildman–Crippen LogP) is 4.69. The largest absolute Gasteiger partial charge is 0.383 e. The molecule has 0 saturated carbocycles. The molecule has 4 N–H and O–H groups in total. The maximum absolute atomic E-state index is 14.0. The van der Waals surface area contributed by atoms with Gasteiger partial charge in [-0.2, -0.15) is 0 Å². The molecule has 0 spiro atoms. The first-order valence-corrected chi connectivity index (χ1v) is 11.5. The van der Waals surface area contributed by atoms with Crippen molar-refractivity contribution >= 4 is 33.0 Å². The zero-order valence-corrected chi connectivity index (χ0v) is 18.9. The van der Waals surface area contributed by atoms with Crippen molar-refractivity contribution in [1.29, 1.82) is 0 Å². The van der Waals surface area contributed by atoms with Gasteiger partial charge in [0.05, 0.1) is 6.20 Å². The normalized spacial score (nSPS) is 14.2. The Morgan fingerprint density at radius 2 is 1.79 bits per heavy atom. The number of carbonyl (C=O) groups excluding carboxylic acids is 1. The smallest absolute Gasteiger partial charge is 0.354 e. The van der Waals surface area contributed by atoms with E-state index in [1.807, 2.05) is 27.7 Å². The van der Waals surface area contributed by atoms with E-state index in [-0.39, 0.29) is 16.0 Å². The van der Waals surface area contributed by atoms with Gasteiger partial charge in [0.1, 0.15) is 20.6 Å². The van der Waals surface area contributed by atoms with Gasteiger partial charge in [0.2, 0.25) is 0 Å². The zero-order valence-electron chi connectivity index (χ0n) is 17.3. The first kappa shape index (κ1) is 23.4. The number of hydrogen-bond acceptors (Lipinski definition) is 5. The molecule has 0 aliphatic heterocycles. The molecule has 0 fully saturated rings. The van der Waals surface area contributed by atoms with Gasteiger partial charge in [-0.1, -0.05) is 27.7 Å². The number of rotatable bonds is 5. The standard InChI is InChI=1S/C19H27FN4O3S2/c1-10(2)13-7-12(20)8-14(11(3)4)16(13)23-18(25)24-29(21,27)15-9-22-17(28-15)19(5,6)26/h7-11,26H,1-6H3,(H3,21,23,24,25,27)/t29-/m0/s1. The van der Waals surface area contributed by atoms with E-state index < -0.39 is 27.4 Å². The van der Waals surface area contributed by atoms with Crippen molar-refractivity contribution in [2.45, 2.75) is 63.2 Å². The van der Waals surface area contributed by atoms with Gasteiger partial charge in [-0.25, -0.2) is 23.5 Å². The third-order valence-corrected chi connectivity index (χ3v) is 7.34. The number of benzene rings is 1. The second kappa shape index (κ2) is 8.47. The van der Waals surface area contributed by atoms with Crippen LogP contribution in [0.25, 0.3) is 0 Å². The summed E-state index contributed by atoms with van der Waals surface area (Å²) in [5.74, 6) is -0.507. The maximum Gasteiger partial charge on any atom is 0.354 e. The Morgan fingerprint density at radius 3 is 2.21 bits per heavy atom. The van der Waals surface area contributed by atoms with Crippen LogP contribution in [0.1, 0.15) is 69.5 Å². The lowest BCUT2D eigenvalue weighted by Gasteiger charge is -2.19. The highest BCUT2D eigenvalue weighted by atomic mass is 32.2. The minimum Gasteiger partial charge on any atom is -0.383 e. The van der Waals surface area contributed by atoms with Crippen molar-refractivity contribution in [3.05, 3.63) is 40.3 Å². The number of halogens is 1. The molecule has 2 amide bonds. The van der Waals surface area contributed by atoms with Crippen LogP contribution in [0.15, 0.2) is 26.9 Å². The van der Waals surface area contributed by atoms with Gasteiger partial charge < -0.3 is 10.4 Å². The van der Waals surface area contributed by atoms with Crippen molar-refractivity contribution < 1.29 is 18.5 Å². The molecule has 2 aromatic rings. The minimum atomic E-state index is -3.56. The van der Waals surface area contributed by atoms with Crippen molar-refractivity contribution in [3.63, 3.8) is 0 Å². The van der Waals surface area contributed by atoms with Crippen molar-refractivity contribution in [1.82, 2.24) is 4.98 Å². The first-order valence-electron chi connectivity index (χ1n) is 9.10. The van der Waals surface area contributed by atoms with Crippen molar-refractivity contribution in [3.8, 4) is 0 Å². The van der Waals surface area contributed by atoms with E-state index in [1.54, 1.807) is 0 Å². The van der Waals surface area contributed by atoms with Crippen LogP contribution in [-0.4, -0.2) is 20.3 Å². The van der Waals surface area contributed by atoms with E-state index in [4.69, 9.17) is 5.14 Å². The molecule has 29 heavy (non-hydrogen) atoms. The summed E-state index contributed by atoms with van der Waals surface area (Å²) in [6.07, 6.45) is 1.24. The number of aromatic nitrogens is 1. The summed E-state index contributed by atoms with van der Waals surface area (Å²) in [5.41, 5.74) is 0.445. The van der Waals surface area contributed by atoms with E-state index in [2.05, 4.69) is 14.7 Å². The Balaban J connectivity index is 2.44. The molecule has 0 unspecified atom stereocenters. The Labute approximate surface area is 174 Å². The Bertz CT molecular complexity index is 1000. The van der Waals surface area contributed by atoms with Crippen LogP contribution >= 0.6 is 11.3 Å². The number of nitrogens with two attached hydrogens (primary N) is 1. The van der Waals surface area contributed by atoms with Crippen LogP contribution < -0.4 is 10.5 Å². The second-order valence-corrected chi connectivity index (χ2v) is 11.0. The number of urea groups is 1. The molecular weight excluding hydrogens is 415 g/mol. The van der Waals surface area contributed by atoms with E-state index in [0.29, 0.717) is 21.8 Å². The summed E-state index contributed by atoms with van der Waals surface area (Å²) in [7, 11) is -3.56. The molecule has 0 aliphatic rings. The second-order valence-electron chi connectivity index (χ2n) is 7.90. The average molecular weight is 443 g/mol. The number of nitrogens with zero attached hydrogens (tertiary/aromatic N) is 2. The van der Waals surface area contributed by atoms with Crippen LogP contribution in [-0.2, 0) is 15.5 Å². The molecule has 0 bridgehead atoms. The van der Waals surface area contributed by atoms with Crippen LogP contribution in [0.2, 0.25) is 0 Å². The molecule has 2 rings (SSSR count). The van der Waals surface area contributed by atoms with Crippen LogP contribution in [0.5, 0.6) is 0 Å². The van der Waals surface area contributed by atoms with Crippen molar-refractivity contribution in [2.75, 3.05) is 5.32 Å². The molecule has 1 heterocycles. The number of carbonyl (C=O) groups is 1. The Kier molecular flexibility index (Phi) is 6.83. The lowest BCUT2D eigenvalue weighted by atomic mass is 9.92. The number of nitrogens with one attached hydrogen (secondary N) is 1. The summed E-state index contributed by atoms with van der Waals surface area (Å²) in [4.78, 5) is 16.5. The maximum atomic E-state index is 14.0. The van der Waals surface area contributed by atoms with Gasteiger partial charge in [0.15, 0.2) is 9.92 Å². The predicted molar refractivity (Wildman–Crippen MR) is 114 cm³/mol. The Hall–Kier alpha value is -1.88. The minimum absolute atomic E-state index is 0.0587. The summed E-state index contributed by atoms with van der Waals surface area (Å²) in [5, 5.41) is 18.7. The molecule has 7 nitrogen and oxygen atoms in total. The number of aliphatic hydroxyl groups is 1. The number of hydrogen-bond donors (Lipinski definition) is 3. The summed E-state index contributed by atoms with van der Waals surface area (Å²) in [6, 6.07) is 1.83. The number of anilines is 1. The number of thiazole rings is 1. The summed E-state index contributed by atoms with van der Waals surface area (Å²) < 4.78 is 30.6. The highest BCUT2D eigenvalue weighted by Gasteiger charge is 2.24. The first-order chi connectivity index (χ1) is 13.2. The van der Waals surface area contributed by atoms with Gasteiger partial charge in [-0.3, -0.25) is 0 Å². The van der Waals surface area contributed by atoms with E-state index in [1.165, 1.54) is 32.2 Å². The molecule has 160 valence electrons. The highest BCUT2D eigenvalue weighted by Crippen LogP contribution is 2.34. The third-order valence-electron chi connectivity index (χ3n) is 4.15. The zero-order chi connectivity index (χ0) is 22.1. The molecule has 1 atom stereocenters. The fourth-order valence-electron chi connectivity index (χ4n) is 2.68. The van der Waals surface area contributed by atoms with Gasteiger partial charge in [-0.05, 0) is 48.9 Å². The average Bonchev–Trinajstić information content (AvgIpc) is 3.06. The van der Waals surface area contributed by atoms with E-state index in [0.717, 1.165) is 11.3 Å². The molecule has 10 heteroatoms. The van der Waals surface area contributed by atoms with Crippen LogP contribution in [0.4, 0.5) is 14.9 Å².